The summed E-state index contributed by atoms with van der Waals surface area (Å²) in [5.41, 5.74) is 0.863. The first-order valence-corrected chi connectivity index (χ1v) is 7.61. The van der Waals surface area contributed by atoms with Gasteiger partial charge >= 0.3 is 0 Å². The van der Waals surface area contributed by atoms with E-state index in [2.05, 4.69) is 10.3 Å². The third-order valence-electron chi connectivity index (χ3n) is 4.28. The minimum Gasteiger partial charge on any atom is -0.393 e. The summed E-state index contributed by atoms with van der Waals surface area (Å²) in [5.74, 6) is -0.157. The maximum atomic E-state index is 12.5. The molecule has 0 aliphatic heterocycles. The molecule has 1 aliphatic rings. The van der Waals surface area contributed by atoms with Crippen LogP contribution < -0.4 is 10.9 Å². The van der Waals surface area contributed by atoms with E-state index in [0.717, 1.165) is 5.69 Å². The molecule has 1 fully saturated rings. The number of amides is 1. The van der Waals surface area contributed by atoms with Gasteiger partial charge in [-0.25, -0.2) is 0 Å². The van der Waals surface area contributed by atoms with Crippen molar-refractivity contribution in [1.82, 2.24) is 14.9 Å². The lowest BCUT2D eigenvalue weighted by Crippen LogP contribution is -2.42. The number of carbonyl (C=O) groups is 1. The molecule has 1 saturated carbocycles. The van der Waals surface area contributed by atoms with Gasteiger partial charge in [0.15, 0.2) is 0 Å². The van der Waals surface area contributed by atoms with Crippen LogP contribution in [0.3, 0.4) is 0 Å². The van der Waals surface area contributed by atoms with Gasteiger partial charge in [-0.15, -0.1) is 0 Å². The predicted molar refractivity (Wildman–Crippen MR) is 84.9 cm³/mol. The van der Waals surface area contributed by atoms with E-state index in [1.54, 1.807) is 25.5 Å². The quantitative estimate of drug-likeness (QED) is 0.883. The summed E-state index contributed by atoms with van der Waals surface area (Å²) >= 11 is 0. The Hall–Kier alpha value is -2.47. The fourth-order valence-corrected chi connectivity index (χ4v) is 2.81. The van der Waals surface area contributed by atoms with Gasteiger partial charge in [0, 0.05) is 31.1 Å². The van der Waals surface area contributed by atoms with Crippen LogP contribution in [0.1, 0.15) is 34.9 Å². The van der Waals surface area contributed by atoms with Crippen molar-refractivity contribution in [3.63, 3.8) is 0 Å². The monoisotopic (exact) mass is 313 g/mol. The van der Waals surface area contributed by atoms with E-state index in [9.17, 15) is 14.7 Å². The molecule has 0 saturated heterocycles. The molecular weight excluding hydrogens is 294 g/mol. The van der Waals surface area contributed by atoms with Crippen molar-refractivity contribution in [3.8, 4) is 0 Å². The van der Waals surface area contributed by atoms with Gasteiger partial charge in [0.1, 0.15) is 0 Å². The highest BCUT2D eigenvalue weighted by Crippen LogP contribution is 2.37. The lowest BCUT2D eigenvalue weighted by atomic mass is 9.76. The first-order chi connectivity index (χ1) is 11.0. The minimum absolute atomic E-state index is 0.149. The van der Waals surface area contributed by atoms with Crippen molar-refractivity contribution < 1.29 is 9.90 Å². The van der Waals surface area contributed by atoms with Gasteiger partial charge in [-0.3, -0.25) is 14.6 Å². The van der Waals surface area contributed by atoms with Gasteiger partial charge in [-0.2, -0.15) is 0 Å². The SMILES string of the molecule is Cn1ccc(C(=O)N[C@@H](c2ccccn2)C2CC(O)C2)cc1=O. The minimum atomic E-state index is -0.313. The van der Waals surface area contributed by atoms with Gasteiger partial charge in [-0.1, -0.05) is 6.07 Å². The fraction of sp³-hybridized carbons (Fsp3) is 0.353. The van der Waals surface area contributed by atoms with Crippen molar-refractivity contribution in [1.29, 1.82) is 0 Å². The van der Waals surface area contributed by atoms with E-state index >= 15 is 0 Å². The van der Waals surface area contributed by atoms with Crippen LogP contribution in [-0.4, -0.2) is 26.7 Å². The fourth-order valence-electron chi connectivity index (χ4n) is 2.81. The van der Waals surface area contributed by atoms with E-state index in [0.29, 0.717) is 18.4 Å². The maximum Gasteiger partial charge on any atom is 0.252 e. The average Bonchev–Trinajstić information content (AvgIpc) is 2.53. The zero-order valence-corrected chi connectivity index (χ0v) is 12.8. The second-order valence-electron chi connectivity index (χ2n) is 5.96. The highest BCUT2D eigenvalue weighted by molar-refractivity contribution is 5.94. The van der Waals surface area contributed by atoms with Crippen molar-refractivity contribution >= 4 is 5.91 Å². The summed E-state index contributed by atoms with van der Waals surface area (Å²) in [6.45, 7) is 0. The number of aliphatic hydroxyl groups excluding tert-OH is 1. The third-order valence-corrected chi connectivity index (χ3v) is 4.28. The number of nitrogens with zero attached hydrogens (tertiary/aromatic N) is 2. The first kappa shape index (κ1) is 15.4. The summed E-state index contributed by atoms with van der Waals surface area (Å²) < 4.78 is 1.41. The lowest BCUT2D eigenvalue weighted by molar-refractivity contribution is 0.0228. The smallest absolute Gasteiger partial charge is 0.252 e. The van der Waals surface area contributed by atoms with Crippen molar-refractivity contribution in [2.24, 2.45) is 13.0 Å². The number of aliphatic hydroxyl groups is 1. The number of hydrogen-bond acceptors (Lipinski definition) is 4. The number of rotatable bonds is 4. The number of pyridine rings is 2. The Morgan fingerprint density at radius 1 is 1.39 bits per heavy atom. The van der Waals surface area contributed by atoms with E-state index < -0.39 is 0 Å². The molecule has 0 bridgehead atoms. The summed E-state index contributed by atoms with van der Waals surface area (Å²) in [6, 6.07) is 8.21. The largest absolute Gasteiger partial charge is 0.393 e. The molecule has 3 rings (SSSR count). The molecule has 0 radical (unpaired) electrons. The Bertz CT molecular complexity index is 751. The van der Waals surface area contributed by atoms with E-state index in [1.807, 2.05) is 18.2 Å². The van der Waals surface area contributed by atoms with E-state index in [1.165, 1.54) is 10.6 Å². The van der Waals surface area contributed by atoms with Crippen LogP contribution in [-0.2, 0) is 7.05 Å². The molecule has 0 spiro atoms. The van der Waals surface area contributed by atoms with Crippen LogP contribution in [0, 0.1) is 5.92 Å². The van der Waals surface area contributed by atoms with Crippen molar-refractivity contribution in [2.75, 3.05) is 0 Å². The second kappa shape index (κ2) is 6.34. The number of hydrogen-bond donors (Lipinski definition) is 2. The summed E-state index contributed by atoms with van der Waals surface area (Å²) in [6.07, 6.45) is 4.21. The first-order valence-electron chi connectivity index (χ1n) is 7.61. The van der Waals surface area contributed by atoms with Crippen LogP contribution in [0.25, 0.3) is 0 Å². The molecule has 6 nitrogen and oxygen atoms in total. The Labute approximate surface area is 133 Å². The van der Waals surface area contributed by atoms with Gasteiger partial charge < -0.3 is 15.0 Å². The molecule has 1 amide bonds. The van der Waals surface area contributed by atoms with Crippen LogP contribution >= 0.6 is 0 Å². The number of carbonyl (C=O) groups excluding carboxylic acids is 1. The molecule has 120 valence electrons. The highest BCUT2D eigenvalue weighted by atomic mass is 16.3. The standard InChI is InChI=1S/C17H19N3O3/c1-20-7-5-11(10-15(20)22)17(23)19-16(12-8-13(21)9-12)14-4-2-3-6-18-14/h2-7,10,12-13,16,21H,8-9H2,1H3,(H,19,23)/t12?,13?,16-/m1/s1. The Morgan fingerprint density at radius 2 is 2.17 bits per heavy atom. The van der Waals surface area contributed by atoms with Crippen LogP contribution in [0.2, 0.25) is 0 Å². The molecule has 1 atom stereocenters. The Kier molecular flexibility index (Phi) is 4.25. The number of aromatic nitrogens is 2. The van der Waals surface area contributed by atoms with Crippen LogP contribution in [0.4, 0.5) is 0 Å². The number of aryl methyl sites for hydroxylation is 1. The highest BCUT2D eigenvalue weighted by Gasteiger charge is 2.36. The molecule has 1 aliphatic carbocycles. The topological polar surface area (TPSA) is 84.2 Å². The molecular formula is C17H19N3O3. The van der Waals surface area contributed by atoms with Gasteiger partial charge in [0.2, 0.25) is 0 Å². The average molecular weight is 313 g/mol. The predicted octanol–water partition coefficient (Wildman–Crippen LogP) is 1.02. The van der Waals surface area contributed by atoms with Crippen molar-refractivity contribution in [3.05, 3.63) is 64.3 Å². The molecule has 2 aromatic heterocycles. The van der Waals surface area contributed by atoms with E-state index in [4.69, 9.17) is 0 Å². The Morgan fingerprint density at radius 3 is 2.78 bits per heavy atom. The second-order valence-corrected chi connectivity index (χ2v) is 5.96. The van der Waals surface area contributed by atoms with Gasteiger partial charge in [0.05, 0.1) is 17.8 Å². The molecule has 2 N–H and O–H groups in total. The summed E-state index contributed by atoms with van der Waals surface area (Å²) in [5, 5.41) is 12.5. The summed E-state index contributed by atoms with van der Waals surface area (Å²) in [4.78, 5) is 28.5. The van der Waals surface area contributed by atoms with Gasteiger partial charge in [-0.05, 0) is 37.0 Å². The molecule has 6 heteroatoms. The number of nitrogens with one attached hydrogen (secondary N) is 1. The molecule has 2 heterocycles. The third kappa shape index (κ3) is 3.32. The zero-order valence-electron chi connectivity index (χ0n) is 12.8. The van der Waals surface area contributed by atoms with E-state index in [-0.39, 0.29) is 29.5 Å². The van der Waals surface area contributed by atoms with Crippen LogP contribution in [0.15, 0.2) is 47.5 Å². The molecule has 0 unspecified atom stereocenters. The Balaban J connectivity index is 1.82. The van der Waals surface area contributed by atoms with Crippen molar-refractivity contribution in [2.45, 2.75) is 25.0 Å². The summed E-state index contributed by atoms with van der Waals surface area (Å²) in [7, 11) is 1.64. The normalized spacial score (nSPS) is 21.3. The zero-order chi connectivity index (χ0) is 16.4. The molecule has 0 aromatic carbocycles. The lowest BCUT2D eigenvalue weighted by Gasteiger charge is -2.37. The van der Waals surface area contributed by atoms with Crippen LogP contribution in [0.5, 0.6) is 0 Å². The molecule has 2 aromatic rings. The maximum absolute atomic E-state index is 12.5. The van der Waals surface area contributed by atoms with Gasteiger partial charge in [0.25, 0.3) is 11.5 Å². The molecule has 23 heavy (non-hydrogen) atoms.